The molecule has 23 heavy (non-hydrogen) atoms. The zero-order chi connectivity index (χ0) is 16.4. The van der Waals surface area contributed by atoms with E-state index >= 15 is 0 Å². The van der Waals surface area contributed by atoms with Crippen LogP contribution in [0.3, 0.4) is 0 Å². The smallest absolute Gasteiger partial charge is 0.191 e. The highest BCUT2D eigenvalue weighted by molar-refractivity contribution is 14.0. The van der Waals surface area contributed by atoms with Gasteiger partial charge in [0.25, 0.3) is 0 Å². The van der Waals surface area contributed by atoms with Crippen LogP contribution in [0.15, 0.2) is 23.5 Å². The summed E-state index contributed by atoms with van der Waals surface area (Å²) < 4.78 is 29.2. The summed E-state index contributed by atoms with van der Waals surface area (Å²) in [4.78, 5) is 4.48. The number of ether oxygens (including phenoxy) is 1. The summed E-state index contributed by atoms with van der Waals surface area (Å²) in [5.41, 5.74) is 1.14. The van der Waals surface area contributed by atoms with Gasteiger partial charge in [-0.3, -0.25) is 0 Å². The van der Waals surface area contributed by atoms with Crippen LogP contribution in [0, 0.1) is 0 Å². The number of hydrogen-bond acceptors (Lipinski definition) is 4. The van der Waals surface area contributed by atoms with Crippen LogP contribution in [0.25, 0.3) is 0 Å². The number of halogens is 1. The molecule has 0 saturated heterocycles. The number of nitrogens with zero attached hydrogens (tertiary/aromatic N) is 2. The molecule has 0 atom stereocenters. The molecule has 0 amide bonds. The van der Waals surface area contributed by atoms with Gasteiger partial charge in [0, 0.05) is 38.8 Å². The summed E-state index contributed by atoms with van der Waals surface area (Å²) in [5.74, 6) is 0.771. The topological polar surface area (TPSA) is 84.7 Å². The summed E-state index contributed by atoms with van der Waals surface area (Å²) in [6.07, 6.45) is 5.22. The Bertz CT molecular complexity index is 572. The molecule has 1 rings (SSSR count). The molecule has 2 N–H and O–H groups in total. The molecule has 1 aromatic rings. The first-order chi connectivity index (χ1) is 10.4. The largest absolute Gasteiger partial charge is 0.379 e. The third-order valence-corrected chi connectivity index (χ3v) is 3.70. The maximum atomic E-state index is 11.0. The third kappa shape index (κ3) is 11.4. The monoisotopic (exact) mass is 458 g/mol. The fourth-order valence-corrected chi connectivity index (χ4v) is 2.14. The van der Waals surface area contributed by atoms with Gasteiger partial charge in [-0.05, 0) is 18.6 Å². The fraction of sp³-hybridized carbons (Fsp3) is 0.643. The second-order valence-electron chi connectivity index (χ2n) is 5.05. The van der Waals surface area contributed by atoms with Crippen LogP contribution < -0.4 is 10.6 Å². The first-order valence-electron chi connectivity index (χ1n) is 7.29. The van der Waals surface area contributed by atoms with Crippen LogP contribution >= 0.6 is 24.0 Å². The lowest BCUT2D eigenvalue weighted by molar-refractivity contribution is 0.154. The Labute approximate surface area is 155 Å². The van der Waals surface area contributed by atoms with Crippen LogP contribution in [0.2, 0.25) is 0 Å². The summed E-state index contributed by atoms with van der Waals surface area (Å²) in [6, 6.07) is 2.03. The molecule has 0 spiro atoms. The van der Waals surface area contributed by atoms with E-state index in [1.54, 1.807) is 0 Å². The molecule has 0 aliphatic rings. The van der Waals surface area contributed by atoms with Crippen LogP contribution in [-0.2, 0) is 28.2 Å². The van der Waals surface area contributed by atoms with Crippen LogP contribution in [0.4, 0.5) is 0 Å². The lowest BCUT2D eigenvalue weighted by Crippen LogP contribution is -2.39. The van der Waals surface area contributed by atoms with E-state index < -0.39 is 9.84 Å². The Morgan fingerprint density at radius 2 is 2.09 bits per heavy atom. The van der Waals surface area contributed by atoms with E-state index in [-0.39, 0.29) is 36.3 Å². The number of aromatic nitrogens is 1. The summed E-state index contributed by atoms with van der Waals surface area (Å²) in [5, 5.41) is 6.31. The highest BCUT2D eigenvalue weighted by Gasteiger charge is 2.02. The summed E-state index contributed by atoms with van der Waals surface area (Å²) in [7, 11) is -0.980. The Balaban J connectivity index is 0.00000484. The van der Waals surface area contributed by atoms with Gasteiger partial charge in [0.15, 0.2) is 5.96 Å². The molecule has 0 aromatic carbocycles. The lowest BCUT2D eigenvalue weighted by atomic mass is 10.3. The second-order valence-corrected chi connectivity index (χ2v) is 7.31. The van der Waals surface area contributed by atoms with Gasteiger partial charge in [-0.2, -0.15) is 0 Å². The van der Waals surface area contributed by atoms with Crippen molar-refractivity contribution in [3.63, 3.8) is 0 Å². The van der Waals surface area contributed by atoms with Crippen molar-refractivity contribution in [1.82, 2.24) is 15.2 Å². The molecule has 1 aromatic heterocycles. The highest BCUT2D eigenvalue weighted by Crippen LogP contribution is 2.00. The van der Waals surface area contributed by atoms with E-state index in [1.807, 2.05) is 37.0 Å². The van der Waals surface area contributed by atoms with Gasteiger partial charge in [-0.15, -0.1) is 24.0 Å². The Hall–Kier alpha value is -0.810. The first-order valence-corrected chi connectivity index (χ1v) is 9.35. The number of guanidine groups is 1. The van der Waals surface area contributed by atoms with Crippen molar-refractivity contribution < 1.29 is 13.2 Å². The van der Waals surface area contributed by atoms with Crippen molar-refractivity contribution >= 4 is 39.8 Å². The van der Waals surface area contributed by atoms with Crippen molar-refractivity contribution in [2.75, 3.05) is 38.3 Å². The normalized spacial score (nSPS) is 11.9. The molecule has 1 heterocycles. The van der Waals surface area contributed by atoms with E-state index in [9.17, 15) is 8.42 Å². The molecule has 9 heteroatoms. The molecule has 0 aliphatic carbocycles. The minimum atomic E-state index is -2.96. The molecule has 134 valence electrons. The molecule has 0 fully saturated rings. The number of hydrogen-bond donors (Lipinski definition) is 2. The van der Waals surface area contributed by atoms with Gasteiger partial charge in [0.05, 0.1) is 25.5 Å². The van der Waals surface area contributed by atoms with E-state index in [1.165, 1.54) is 6.26 Å². The average Bonchev–Trinajstić information content (AvgIpc) is 2.84. The summed E-state index contributed by atoms with van der Waals surface area (Å²) in [6.45, 7) is 4.61. The minimum Gasteiger partial charge on any atom is -0.379 e. The lowest BCUT2D eigenvalue weighted by Gasteiger charge is -2.11. The van der Waals surface area contributed by atoms with Crippen molar-refractivity contribution in [1.29, 1.82) is 0 Å². The Kier molecular flexibility index (Phi) is 11.3. The van der Waals surface area contributed by atoms with Crippen molar-refractivity contribution in [3.8, 4) is 0 Å². The molecular formula is C14H27IN4O3S. The predicted octanol–water partition coefficient (Wildman–Crippen LogP) is 0.759. The zero-order valence-electron chi connectivity index (χ0n) is 13.9. The molecule has 7 nitrogen and oxygen atoms in total. The highest BCUT2D eigenvalue weighted by atomic mass is 127. The van der Waals surface area contributed by atoms with E-state index in [0.29, 0.717) is 19.7 Å². The first kappa shape index (κ1) is 22.2. The molecule has 0 saturated carbocycles. The number of rotatable bonds is 9. The van der Waals surface area contributed by atoms with Gasteiger partial charge in [-0.1, -0.05) is 0 Å². The summed E-state index contributed by atoms with van der Waals surface area (Å²) >= 11 is 0. The molecular weight excluding hydrogens is 431 g/mol. The van der Waals surface area contributed by atoms with Gasteiger partial charge in [0.1, 0.15) is 9.84 Å². The molecule has 0 bridgehead atoms. The van der Waals surface area contributed by atoms with Gasteiger partial charge >= 0.3 is 0 Å². The van der Waals surface area contributed by atoms with E-state index in [2.05, 4.69) is 15.6 Å². The SMILES string of the molecule is CCNC(=NCc1ccn(C)c1)NCCOCCS(C)(=O)=O.I. The second kappa shape index (κ2) is 11.7. The van der Waals surface area contributed by atoms with Crippen LogP contribution in [0.1, 0.15) is 12.5 Å². The van der Waals surface area contributed by atoms with Gasteiger partial charge in [-0.25, -0.2) is 13.4 Å². The number of nitrogens with one attached hydrogen (secondary N) is 2. The number of aryl methyl sites for hydroxylation is 1. The average molecular weight is 458 g/mol. The fourth-order valence-electron chi connectivity index (χ4n) is 1.72. The van der Waals surface area contributed by atoms with E-state index in [0.717, 1.165) is 18.1 Å². The third-order valence-electron chi connectivity index (χ3n) is 2.79. The Morgan fingerprint density at radius 3 is 2.65 bits per heavy atom. The molecule has 0 unspecified atom stereocenters. The quantitative estimate of drug-likeness (QED) is 0.247. The maximum absolute atomic E-state index is 11.0. The minimum absolute atomic E-state index is 0. The van der Waals surface area contributed by atoms with Crippen molar-refractivity contribution in [3.05, 3.63) is 24.0 Å². The number of sulfone groups is 1. The van der Waals surface area contributed by atoms with Gasteiger partial charge < -0.3 is 19.9 Å². The molecule has 0 radical (unpaired) electrons. The van der Waals surface area contributed by atoms with Crippen molar-refractivity contribution in [2.24, 2.45) is 12.0 Å². The van der Waals surface area contributed by atoms with Crippen LogP contribution in [0.5, 0.6) is 0 Å². The van der Waals surface area contributed by atoms with E-state index in [4.69, 9.17) is 4.74 Å². The maximum Gasteiger partial charge on any atom is 0.191 e. The van der Waals surface area contributed by atoms with Gasteiger partial charge in [0.2, 0.25) is 0 Å². The molecule has 0 aliphatic heterocycles. The zero-order valence-corrected chi connectivity index (χ0v) is 17.1. The Morgan fingerprint density at radius 1 is 1.35 bits per heavy atom. The predicted molar refractivity (Wildman–Crippen MR) is 104 cm³/mol. The number of aliphatic imine (C=N–C) groups is 1. The van der Waals surface area contributed by atoms with Crippen molar-refractivity contribution in [2.45, 2.75) is 13.5 Å². The van der Waals surface area contributed by atoms with Crippen LogP contribution in [-0.4, -0.2) is 57.3 Å². The standard InChI is InChI=1S/C14H26N4O3S.HI/c1-4-15-14(17-11-13-5-7-18(2)12-13)16-6-8-21-9-10-22(3,19)20;/h5,7,12H,4,6,8-11H2,1-3H3,(H2,15,16,17);1H.